The van der Waals surface area contributed by atoms with Crippen LogP contribution in [0.1, 0.15) is 32.7 Å². The fraction of sp³-hybridized carbons (Fsp3) is 0.176. The summed E-state index contributed by atoms with van der Waals surface area (Å²) in [7, 11) is 1.47. The van der Waals surface area contributed by atoms with E-state index in [0.717, 1.165) is 5.56 Å². The van der Waals surface area contributed by atoms with Gasteiger partial charge in [-0.15, -0.1) is 0 Å². The zero-order valence-electron chi connectivity index (χ0n) is 11.9. The van der Waals surface area contributed by atoms with E-state index in [2.05, 4.69) is 0 Å². The number of benzene rings is 2. The monoisotopic (exact) mass is 284 g/mol. The maximum Gasteiger partial charge on any atom is 0.174 e. The van der Waals surface area contributed by atoms with Gasteiger partial charge in [-0.25, -0.2) is 0 Å². The van der Waals surface area contributed by atoms with E-state index in [1.807, 2.05) is 19.1 Å². The molecule has 0 unspecified atom stereocenters. The molecule has 1 N–H and O–H groups in total. The molecule has 0 heterocycles. The molecule has 0 aliphatic heterocycles. The molecule has 2 aromatic carbocycles. The van der Waals surface area contributed by atoms with Crippen LogP contribution in [0.15, 0.2) is 42.5 Å². The second kappa shape index (κ2) is 6.22. The standard InChI is InChI=1S/C17H16O4/c1-11-3-5-12(6-4-11)16(19)10-17(20)14-9-13(21-2)7-8-15(14)18/h3-9,18H,10H2,1-2H3. The van der Waals surface area contributed by atoms with E-state index in [1.54, 1.807) is 18.2 Å². The largest absolute Gasteiger partial charge is 0.507 e. The topological polar surface area (TPSA) is 63.6 Å². The number of aromatic hydroxyl groups is 1. The fourth-order valence-electron chi connectivity index (χ4n) is 1.95. The number of phenolic OH excluding ortho intramolecular Hbond substituents is 1. The van der Waals surface area contributed by atoms with E-state index in [-0.39, 0.29) is 23.5 Å². The van der Waals surface area contributed by atoms with Crippen LogP contribution < -0.4 is 4.74 Å². The highest BCUT2D eigenvalue weighted by molar-refractivity contribution is 6.14. The quantitative estimate of drug-likeness (QED) is 0.676. The van der Waals surface area contributed by atoms with Crippen molar-refractivity contribution in [3.05, 3.63) is 59.2 Å². The van der Waals surface area contributed by atoms with Crippen molar-refractivity contribution >= 4 is 11.6 Å². The Morgan fingerprint density at radius 3 is 2.33 bits per heavy atom. The SMILES string of the molecule is COc1ccc(O)c(C(=O)CC(=O)c2ccc(C)cc2)c1. The number of hydrogen-bond donors (Lipinski definition) is 1. The van der Waals surface area contributed by atoms with Crippen LogP contribution in [0.2, 0.25) is 0 Å². The lowest BCUT2D eigenvalue weighted by Gasteiger charge is -2.06. The smallest absolute Gasteiger partial charge is 0.174 e. The first kappa shape index (κ1) is 14.8. The summed E-state index contributed by atoms with van der Waals surface area (Å²) in [5.41, 5.74) is 1.62. The van der Waals surface area contributed by atoms with Gasteiger partial charge in [-0.05, 0) is 25.1 Å². The average Bonchev–Trinajstić information content (AvgIpc) is 2.48. The van der Waals surface area contributed by atoms with Gasteiger partial charge in [0.15, 0.2) is 11.6 Å². The number of carbonyl (C=O) groups excluding carboxylic acids is 2. The summed E-state index contributed by atoms with van der Waals surface area (Å²) < 4.78 is 5.01. The molecule has 0 aromatic heterocycles. The first-order valence-electron chi connectivity index (χ1n) is 6.51. The third kappa shape index (κ3) is 3.48. The summed E-state index contributed by atoms with van der Waals surface area (Å²) in [6.07, 6.45) is -0.288. The number of phenols is 1. The maximum atomic E-state index is 12.1. The van der Waals surface area contributed by atoms with Crippen LogP contribution in [0, 0.1) is 6.92 Å². The van der Waals surface area contributed by atoms with Crippen LogP contribution in [-0.2, 0) is 0 Å². The third-order valence-corrected chi connectivity index (χ3v) is 3.20. The van der Waals surface area contributed by atoms with Crippen LogP contribution in [0.25, 0.3) is 0 Å². The van der Waals surface area contributed by atoms with Gasteiger partial charge < -0.3 is 9.84 Å². The van der Waals surface area contributed by atoms with Gasteiger partial charge >= 0.3 is 0 Å². The van der Waals surface area contributed by atoms with Gasteiger partial charge in [0, 0.05) is 5.56 Å². The van der Waals surface area contributed by atoms with Gasteiger partial charge in [0.05, 0.1) is 19.1 Å². The Balaban J connectivity index is 2.18. The molecule has 2 aromatic rings. The zero-order valence-corrected chi connectivity index (χ0v) is 11.9. The molecule has 0 saturated heterocycles. The van der Waals surface area contributed by atoms with Crippen LogP contribution in [0.3, 0.4) is 0 Å². The van der Waals surface area contributed by atoms with Gasteiger partial charge in [0.1, 0.15) is 11.5 Å². The van der Waals surface area contributed by atoms with E-state index in [1.165, 1.54) is 19.2 Å². The van der Waals surface area contributed by atoms with Gasteiger partial charge in [-0.2, -0.15) is 0 Å². The Kier molecular flexibility index (Phi) is 4.38. The Morgan fingerprint density at radius 2 is 1.71 bits per heavy atom. The van der Waals surface area contributed by atoms with E-state index in [4.69, 9.17) is 4.74 Å². The van der Waals surface area contributed by atoms with E-state index in [9.17, 15) is 14.7 Å². The molecule has 0 aliphatic carbocycles. The number of Topliss-reactive ketones (excluding diaryl/α,β-unsaturated/α-hetero) is 2. The van der Waals surface area contributed by atoms with Crippen LogP contribution in [-0.4, -0.2) is 23.8 Å². The van der Waals surface area contributed by atoms with Crippen molar-refractivity contribution in [2.24, 2.45) is 0 Å². The lowest BCUT2D eigenvalue weighted by atomic mass is 10.00. The minimum atomic E-state index is -0.433. The molecule has 0 saturated carbocycles. The van der Waals surface area contributed by atoms with Crippen molar-refractivity contribution in [3.63, 3.8) is 0 Å². The highest BCUT2D eigenvalue weighted by atomic mass is 16.5. The van der Waals surface area contributed by atoms with Crippen molar-refractivity contribution < 1.29 is 19.4 Å². The second-order valence-corrected chi connectivity index (χ2v) is 4.77. The summed E-state index contributed by atoms with van der Waals surface area (Å²) >= 11 is 0. The Hall–Kier alpha value is -2.62. The maximum absolute atomic E-state index is 12.1. The van der Waals surface area contributed by atoms with Crippen LogP contribution in [0.5, 0.6) is 11.5 Å². The molecule has 0 aliphatic rings. The number of carbonyl (C=O) groups is 2. The molecule has 0 fully saturated rings. The first-order valence-corrected chi connectivity index (χ1v) is 6.51. The Morgan fingerprint density at radius 1 is 1.05 bits per heavy atom. The number of hydrogen-bond acceptors (Lipinski definition) is 4. The molecule has 0 bridgehead atoms. The molecule has 2 rings (SSSR count). The van der Waals surface area contributed by atoms with Gasteiger partial charge in [0.25, 0.3) is 0 Å². The lowest BCUT2D eigenvalue weighted by molar-refractivity contribution is 0.0893. The van der Waals surface area contributed by atoms with Crippen molar-refractivity contribution in [1.82, 2.24) is 0 Å². The number of ether oxygens (including phenoxy) is 1. The zero-order chi connectivity index (χ0) is 15.4. The minimum Gasteiger partial charge on any atom is -0.507 e. The molecule has 0 amide bonds. The summed E-state index contributed by atoms with van der Waals surface area (Å²) in [5.74, 6) is -0.407. The third-order valence-electron chi connectivity index (χ3n) is 3.20. The Bertz CT molecular complexity index is 672. The summed E-state index contributed by atoms with van der Waals surface area (Å²) in [6, 6.07) is 11.4. The van der Waals surface area contributed by atoms with E-state index >= 15 is 0 Å². The van der Waals surface area contributed by atoms with Gasteiger partial charge in [-0.3, -0.25) is 9.59 Å². The van der Waals surface area contributed by atoms with E-state index < -0.39 is 5.78 Å². The number of ketones is 2. The first-order chi connectivity index (χ1) is 10.0. The van der Waals surface area contributed by atoms with Gasteiger partial charge in [-0.1, -0.05) is 29.8 Å². The second-order valence-electron chi connectivity index (χ2n) is 4.77. The minimum absolute atomic E-state index is 0.0924. The van der Waals surface area contributed by atoms with E-state index in [0.29, 0.717) is 11.3 Å². The molecule has 21 heavy (non-hydrogen) atoms. The van der Waals surface area contributed by atoms with Crippen molar-refractivity contribution in [2.75, 3.05) is 7.11 Å². The molecule has 0 radical (unpaired) electrons. The molecule has 0 atom stereocenters. The predicted molar refractivity (Wildman–Crippen MR) is 79.1 cm³/mol. The van der Waals surface area contributed by atoms with Crippen LogP contribution in [0.4, 0.5) is 0 Å². The molecule has 4 heteroatoms. The summed E-state index contributed by atoms with van der Waals surface area (Å²) in [6.45, 7) is 1.92. The normalized spacial score (nSPS) is 10.2. The summed E-state index contributed by atoms with van der Waals surface area (Å²) in [4.78, 5) is 24.2. The molecule has 4 nitrogen and oxygen atoms in total. The molecular weight excluding hydrogens is 268 g/mol. The fourth-order valence-corrected chi connectivity index (χ4v) is 1.95. The van der Waals surface area contributed by atoms with Crippen molar-refractivity contribution in [2.45, 2.75) is 13.3 Å². The molecule has 0 spiro atoms. The lowest BCUT2D eigenvalue weighted by Crippen LogP contribution is -2.09. The predicted octanol–water partition coefficient (Wildman–Crippen LogP) is 3.16. The average molecular weight is 284 g/mol. The Labute approximate surface area is 123 Å². The van der Waals surface area contributed by atoms with Crippen molar-refractivity contribution in [3.8, 4) is 11.5 Å². The van der Waals surface area contributed by atoms with Gasteiger partial charge in [0.2, 0.25) is 0 Å². The molecular formula is C17H16O4. The highest BCUT2D eigenvalue weighted by Crippen LogP contribution is 2.24. The molecule has 108 valence electrons. The van der Waals surface area contributed by atoms with Crippen molar-refractivity contribution in [1.29, 1.82) is 0 Å². The number of rotatable bonds is 5. The number of methoxy groups -OCH3 is 1. The van der Waals surface area contributed by atoms with Crippen LogP contribution >= 0.6 is 0 Å². The number of aryl methyl sites for hydroxylation is 1. The summed E-state index contributed by atoms with van der Waals surface area (Å²) in [5, 5.41) is 9.73. The highest BCUT2D eigenvalue weighted by Gasteiger charge is 2.17.